The Morgan fingerprint density at radius 3 is 2.24 bits per heavy atom. The predicted molar refractivity (Wildman–Crippen MR) is 139 cm³/mol. The largest absolute Gasteiger partial charge is 0.491 e. The summed E-state index contributed by atoms with van der Waals surface area (Å²) in [4.78, 5) is 0. The normalized spacial score (nSPS) is 18.0. The summed E-state index contributed by atoms with van der Waals surface area (Å²) in [6, 6.07) is 6.50. The van der Waals surface area contributed by atoms with Crippen LogP contribution >= 0.6 is 0 Å². The smallest absolute Gasteiger partial charge is 0.201 e. The van der Waals surface area contributed by atoms with E-state index in [1.807, 2.05) is 0 Å². The molecule has 1 aliphatic carbocycles. The van der Waals surface area contributed by atoms with Crippen molar-refractivity contribution in [2.45, 2.75) is 71.1 Å². The van der Waals surface area contributed by atoms with Crippen molar-refractivity contribution >= 4 is 21.9 Å². The summed E-state index contributed by atoms with van der Waals surface area (Å²) in [6.07, 6.45) is 8.46. The van der Waals surface area contributed by atoms with E-state index in [0.717, 1.165) is 37.8 Å². The molecule has 0 radical (unpaired) electrons. The van der Waals surface area contributed by atoms with Gasteiger partial charge in [-0.25, -0.2) is 17.6 Å². The van der Waals surface area contributed by atoms with E-state index in [-0.39, 0.29) is 51.3 Å². The fourth-order valence-corrected chi connectivity index (χ4v) is 5.88. The van der Waals surface area contributed by atoms with Crippen LogP contribution in [0.1, 0.15) is 76.7 Å². The van der Waals surface area contributed by atoms with Crippen molar-refractivity contribution in [3.05, 3.63) is 65.0 Å². The van der Waals surface area contributed by atoms with E-state index < -0.39 is 29.1 Å². The summed E-state index contributed by atoms with van der Waals surface area (Å²) in [5.74, 6) is -5.20. The van der Waals surface area contributed by atoms with Gasteiger partial charge in [0.2, 0.25) is 5.82 Å². The molecule has 0 aliphatic heterocycles. The van der Waals surface area contributed by atoms with Crippen molar-refractivity contribution in [2.75, 3.05) is 6.61 Å². The average molecular weight is 531 g/mol. The van der Waals surface area contributed by atoms with Crippen LogP contribution in [0.2, 0.25) is 0 Å². The van der Waals surface area contributed by atoms with Crippen LogP contribution in [-0.2, 0) is 0 Å². The number of hydrogen-bond donors (Lipinski definition) is 0. The maximum atomic E-state index is 15.3. The molecule has 0 bridgehead atoms. The molecule has 0 spiro atoms. The molecular weight excluding hydrogens is 499 g/mol. The molecule has 0 unspecified atom stereocenters. The number of halogens is 5. The highest BCUT2D eigenvalue weighted by Crippen LogP contribution is 2.42. The third-order valence-corrected chi connectivity index (χ3v) is 7.89. The second kappa shape index (κ2) is 11.0. The first-order chi connectivity index (χ1) is 18.3. The van der Waals surface area contributed by atoms with Crippen molar-refractivity contribution in [1.29, 1.82) is 0 Å². The van der Waals surface area contributed by atoms with Gasteiger partial charge in [-0.1, -0.05) is 44.7 Å². The molecule has 3 aromatic carbocycles. The molecule has 1 saturated carbocycles. The van der Waals surface area contributed by atoms with Crippen LogP contribution < -0.4 is 4.74 Å². The summed E-state index contributed by atoms with van der Waals surface area (Å²) in [6.45, 7) is 3.90. The predicted octanol–water partition coefficient (Wildman–Crippen LogP) is 10.2. The van der Waals surface area contributed by atoms with Crippen molar-refractivity contribution in [1.82, 2.24) is 0 Å². The van der Waals surface area contributed by atoms with Gasteiger partial charge < -0.3 is 9.15 Å². The van der Waals surface area contributed by atoms with Crippen molar-refractivity contribution in [3.63, 3.8) is 0 Å². The SMILES string of the molecule is CCCCCC1CCC(c2ccc(-c3cc(F)c4c(c3)oc3cc(OCC)c(F)c(F)c34)c(F)c2F)CC1. The fraction of sp³-hybridized carbons (Fsp3) is 0.419. The molecule has 0 atom stereocenters. The molecule has 1 aliphatic rings. The van der Waals surface area contributed by atoms with Gasteiger partial charge in [-0.2, -0.15) is 4.39 Å². The van der Waals surface area contributed by atoms with Crippen LogP contribution in [-0.4, -0.2) is 6.61 Å². The van der Waals surface area contributed by atoms with Crippen LogP contribution in [0.25, 0.3) is 33.1 Å². The van der Waals surface area contributed by atoms with E-state index in [4.69, 9.17) is 9.15 Å². The maximum Gasteiger partial charge on any atom is 0.201 e. The lowest BCUT2D eigenvalue weighted by atomic mass is 9.76. The Labute approximate surface area is 218 Å². The van der Waals surface area contributed by atoms with Crippen molar-refractivity contribution < 1.29 is 31.1 Å². The van der Waals surface area contributed by atoms with Gasteiger partial charge in [-0.05, 0) is 67.7 Å². The van der Waals surface area contributed by atoms with Crippen LogP contribution in [0, 0.1) is 35.0 Å². The number of benzene rings is 3. The van der Waals surface area contributed by atoms with E-state index in [0.29, 0.717) is 11.5 Å². The molecule has 202 valence electrons. The van der Waals surface area contributed by atoms with Gasteiger partial charge in [0.15, 0.2) is 23.2 Å². The molecule has 0 N–H and O–H groups in total. The molecule has 5 rings (SSSR count). The lowest BCUT2D eigenvalue weighted by molar-refractivity contribution is 0.298. The molecule has 1 aromatic heterocycles. The molecule has 1 fully saturated rings. The van der Waals surface area contributed by atoms with Crippen LogP contribution in [0.5, 0.6) is 5.75 Å². The zero-order valence-electron chi connectivity index (χ0n) is 21.6. The number of ether oxygens (including phenoxy) is 1. The van der Waals surface area contributed by atoms with Gasteiger partial charge in [-0.3, -0.25) is 0 Å². The monoisotopic (exact) mass is 530 g/mol. The molecule has 0 amide bonds. The zero-order chi connectivity index (χ0) is 27.0. The first-order valence-electron chi connectivity index (χ1n) is 13.5. The maximum absolute atomic E-state index is 15.3. The number of furan rings is 1. The van der Waals surface area contributed by atoms with Crippen LogP contribution in [0.15, 0.2) is 34.7 Å². The minimum Gasteiger partial charge on any atom is -0.491 e. The van der Waals surface area contributed by atoms with E-state index >= 15 is 13.2 Å². The Balaban J connectivity index is 1.46. The first-order valence-corrected chi connectivity index (χ1v) is 13.5. The lowest BCUT2D eigenvalue weighted by Crippen LogP contribution is -2.15. The molecule has 4 aromatic rings. The third-order valence-electron chi connectivity index (χ3n) is 7.89. The summed E-state index contributed by atoms with van der Waals surface area (Å²) in [5, 5.41) is -0.631. The molecule has 7 heteroatoms. The average Bonchev–Trinajstić information content (AvgIpc) is 3.28. The Morgan fingerprint density at radius 1 is 0.789 bits per heavy atom. The third kappa shape index (κ3) is 4.76. The summed E-state index contributed by atoms with van der Waals surface area (Å²) in [5.41, 5.74) is 0.0624. The zero-order valence-corrected chi connectivity index (χ0v) is 21.6. The minimum atomic E-state index is -1.29. The van der Waals surface area contributed by atoms with E-state index in [1.165, 1.54) is 37.8 Å². The highest BCUT2D eigenvalue weighted by molar-refractivity contribution is 6.07. The van der Waals surface area contributed by atoms with E-state index in [1.54, 1.807) is 13.0 Å². The number of fused-ring (bicyclic) bond motifs is 3. The van der Waals surface area contributed by atoms with Gasteiger partial charge >= 0.3 is 0 Å². The quantitative estimate of drug-likeness (QED) is 0.167. The van der Waals surface area contributed by atoms with E-state index in [9.17, 15) is 8.78 Å². The fourth-order valence-electron chi connectivity index (χ4n) is 5.88. The summed E-state index contributed by atoms with van der Waals surface area (Å²) < 4.78 is 85.7. The standard InChI is InChI=1S/C31H31F5O2/c1-3-5-6-7-17-8-10-18(11-9-17)20-12-13-21(29(34)28(20)33)19-14-22(32)26-23(15-19)38-24-16-25(37-4-2)30(35)31(36)27(24)26/h12-18H,3-11H2,1-2H3. The van der Waals surface area contributed by atoms with Crippen LogP contribution in [0.3, 0.4) is 0 Å². The van der Waals surface area contributed by atoms with Gasteiger partial charge in [0, 0.05) is 11.6 Å². The van der Waals surface area contributed by atoms with Crippen molar-refractivity contribution in [2.24, 2.45) is 5.92 Å². The van der Waals surface area contributed by atoms with Gasteiger partial charge in [0.1, 0.15) is 17.0 Å². The second-order valence-corrected chi connectivity index (χ2v) is 10.3. The van der Waals surface area contributed by atoms with Gasteiger partial charge in [-0.15, -0.1) is 0 Å². The highest BCUT2D eigenvalue weighted by Gasteiger charge is 2.28. The van der Waals surface area contributed by atoms with Gasteiger partial charge in [0.05, 0.1) is 17.4 Å². The first kappa shape index (κ1) is 26.5. The van der Waals surface area contributed by atoms with Crippen LogP contribution in [0.4, 0.5) is 22.0 Å². The Bertz CT molecular complexity index is 1470. The summed E-state index contributed by atoms with van der Waals surface area (Å²) >= 11 is 0. The highest BCUT2D eigenvalue weighted by atomic mass is 19.2. The second-order valence-electron chi connectivity index (χ2n) is 10.3. The Hall–Kier alpha value is -3.09. The number of hydrogen-bond acceptors (Lipinski definition) is 2. The molecular formula is C31H31F5O2. The number of unbranched alkanes of at least 4 members (excludes halogenated alkanes) is 2. The van der Waals surface area contributed by atoms with E-state index in [2.05, 4.69) is 6.92 Å². The molecule has 38 heavy (non-hydrogen) atoms. The molecule has 2 nitrogen and oxygen atoms in total. The van der Waals surface area contributed by atoms with Gasteiger partial charge in [0.25, 0.3) is 0 Å². The topological polar surface area (TPSA) is 22.4 Å². The van der Waals surface area contributed by atoms with Crippen molar-refractivity contribution in [3.8, 4) is 16.9 Å². The molecule has 1 heterocycles. The Morgan fingerprint density at radius 2 is 1.53 bits per heavy atom. The Kier molecular flexibility index (Phi) is 7.64. The minimum absolute atomic E-state index is 0.0440. The lowest BCUT2D eigenvalue weighted by Gasteiger charge is -2.29. The number of rotatable bonds is 8. The molecule has 0 saturated heterocycles. The summed E-state index contributed by atoms with van der Waals surface area (Å²) in [7, 11) is 0.